The predicted octanol–water partition coefficient (Wildman–Crippen LogP) is -3.58. The molecule has 590 valence electrons. The quantitative estimate of drug-likeness (QED) is 0.0249. The van der Waals surface area contributed by atoms with Gasteiger partial charge in [0, 0.05) is 19.5 Å². The van der Waals surface area contributed by atoms with Gasteiger partial charge in [0.25, 0.3) is 0 Å². The summed E-state index contributed by atoms with van der Waals surface area (Å²) in [7, 11) is 0. The number of hydrogen-bond acceptors (Lipinski definition) is 21. The molecule has 0 unspecified atom stereocenters. The van der Waals surface area contributed by atoms with Crippen LogP contribution in [0.5, 0.6) is 0 Å². The van der Waals surface area contributed by atoms with Crippen LogP contribution in [0.4, 0.5) is 18.0 Å². The Morgan fingerprint density at radius 3 is 1.77 bits per heavy atom. The number of aliphatic carboxylic acids is 1. The molecule has 0 aromatic heterocycles. The van der Waals surface area contributed by atoms with E-state index in [1.165, 1.54) is 49.1 Å². The Morgan fingerprint density at radius 2 is 1.25 bits per heavy atom. The zero-order valence-electron chi connectivity index (χ0n) is 60.4. The van der Waals surface area contributed by atoms with Gasteiger partial charge in [-0.15, -0.1) is 0 Å². The van der Waals surface area contributed by atoms with E-state index in [0.717, 1.165) is 6.92 Å². The first-order chi connectivity index (χ1) is 49.4. The van der Waals surface area contributed by atoms with E-state index in [-0.39, 0.29) is 63.1 Å². The summed E-state index contributed by atoms with van der Waals surface area (Å²) in [6.07, 6.45) is -14.1. The van der Waals surface area contributed by atoms with Gasteiger partial charge < -0.3 is 105 Å². The Morgan fingerprint density at radius 1 is 0.708 bits per heavy atom. The monoisotopic (exact) mass is 1510 g/mol. The maximum Gasteiger partial charge on any atom is 0.490 e. The van der Waals surface area contributed by atoms with Crippen LogP contribution in [0.3, 0.4) is 0 Å². The second-order valence-corrected chi connectivity index (χ2v) is 27.0. The Bertz CT molecular complexity index is 3400. The zero-order valence-corrected chi connectivity index (χ0v) is 60.4. The van der Waals surface area contributed by atoms with Gasteiger partial charge in [0.1, 0.15) is 60.0 Å². The molecule has 36 nitrogen and oxygen atoms in total. The number of aliphatic imine (C=N–C) groups is 1. The van der Waals surface area contributed by atoms with Crippen LogP contribution in [-0.4, -0.2) is 236 Å². The number of hydrogen-bond donors (Lipinski definition) is 18. The molecule has 39 heteroatoms. The number of esters is 1. The van der Waals surface area contributed by atoms with Crippen molar-refractivity contribution in [2.45, 2.75) is 211 Å². The van der Waals surface area contributed by atoms with Gasteiger partial charge in [-0.1, -0.05) is 109 Å². The van der Waals surface area contributed by atoms with E-state index < -0.39 is 211 Å². The van der Waals surface area contributed by atoms with Gasteiger partial charge in [-0.05, 0) is 88.7 Å². The standard InChI is InChI=1S/C65H99N15O19.C2HF3O2/c1-11-34(6)44-58(92)77-45(35(7)82)57(91)70-30-43(83)75-47(50(85)52(66)86)60(94)74-41(31-81)62(96)98-51(37-22-16-13-17-23-37)48(79-55(89)40(29-36-20-14-12-15-21-36)72-56(90)42-25-19-27-80(42)64(97)99-65(8,9)10)61(95)78-46(49(84)33(4)5)59(93)73-39(28-32(2)3)54(88)71-38(53(87)76-44)24-18-26-69-63(67)68;3-2(4,5)1(6)7/h12-17,20-23,32-35,38-42,44-51,81-82,84-85H,11,18-19,24-31H2,1-10H3,(H2,66,86)(H,70,91)(H,71,88)(H,72,90)(H,73,93)(H,74,94)(H,75,83)(H,76,87)(H,77,92)(H,78,95)(H,79,89)(H4,67,68,69);(H,6,7)/t34-,35-,38+,39-,40-,41-,42+,44-,45-,46-,47-,48-,49+,50-,51+;/m0./s1. The van der Waals surface area contributed by atoms with Gasteiger partial charge in [-0.3, -0.25) is 62.6 Å². The number of rotatable bonds is 21. The van der Waals surface area contributed by atoms with Crippen molar-refractivity contribution in [1.82, 2.24) is 58.1 Å². The van der Waals surface area contributed by atoms with Gasteiger partial charge in [-0.25, -0.2) is 14.4 Å². The lowest BCUT2D eigenvalue weighted by atomic mass is 9.95. The zero-order chi connectivity index (χ0) is 80.2. The summed E-state index contributed by atoms with van der Waals surface area (Å²) in [5.41, 5.74) is 15.9. The van der Waals surface area contributed by atoms with Crippen LogP contribution < -0.4 is 70.4 Å². The number of primary amides is 1. The lowest BCUT2D eigenvalue weighted by Crippen LogP contribution is -2.64. The number of carbonyl (C=O) groups excluding carboxylic acids is 13. The van der Waals surface area contributed by atoms with Gasteiger partial charge in [-0.2, -0.15) is 13.2 Å². The topological polar surface area (TPSA) is 573 Å². The minimum Gasteiger partial charge on any atom is -0.475 e. The third kappa shape index (κ3) is 29.0. The van der Waals surface area contributed by atoms with E-state index in [2.05, 4.69) is 47.5 Å². The molecule has 0 radical (unpaired) electrons. The fourth-order valence-electron chi connectivity index (χ4n) is 10.6. The molecule has 2 aliphatic heterocycles. The second kappa shape index (κ2) is 42.0. The normalized spacial score (nSPS) is 23.8. The highest BCUT2D eigenvalue weighted by Gasteiger charge is 2.45. The highest BCUT2D eigenvalue weighted by atomic mass is 19.4. The summed E-state index contributed by atoms with van der Waals surface area (Å²) in [6.45, 7) is 13.1. The van der Waals surface area contributed by atoms with Crippen LogP contribution in [-0.2, 0) is 78.2 Å². The number of nitrogens with one attached hydrogen (secondary N) is 10. The number of carboxylic acids is 1. The number of halogens is 3. The van der Waals surface area contributed by atoms with Crippen LogP contribution in [0.25, 0.3) is 0 Å². The average molecular weight is 1510 g/mol. The van der Waals surface area contributed by atoms with Gasteiger partial charge in [0.15, 0.2) is 24.2 Å². The van der Waals surface area contributed by atoms with Gasteiger partial charge in [0.2, 0.25) is 65.0 Å². The highest BCUT2D eigenvalue weighted by Crippen LogP contribution is 2.26. The van der Waals surface area contributed by atoms with Crippen molar-refractivity contribution in [3.05, 3.63) is 71.8 Å². The number of guanidine groups is 1. The molecule has 2 aliphatic rings. The number of aliphatic hydroxyl groups is 4. The molecule has 0 saturated carbocycles. The molecule has 2 heterocycles. The third-order valence-corrected chi connectivity index (χ3v) is 16.4. The minimum absolute atomic E-state index is 0.0291. The van der Waals surface area contributed by atoms with Crippen molar-refractivity contribution in [2.75, 3.05) is 26.2 Å². The number of nitrogens with zero attached hydrogens (tertiary/aromatic N) is 2. The first kappa shape index (κ1) is 89.9. The number of benzene rings is 2. The van der Waals surface area contributed by atoms with Crippen LogP contribution in [0, 0.1) is 17.8 Å². The van der Waals surface area contributed by atoms with Crippen molar-refractivity contribution in [3.63, 3.8) is 0 Å². The van der Waals surface area contributed by atoms with Crippen LogP contribution >= 0.6 is 0 Å². The molecule has 2 aromatic rings. The number of amides is 12. The van der Waals surface area contributed by atoms with Crippen molar-refractivity contribution in [1.29, 1.82) is 0 Å². The number of alkyl halides is 3. The van der Waals surface area contributed by atoms with E-state index in [4.69, 9.17) is 36.6 Å². The number of likely N-dealkylation sites (tertiary alicyclic amines) is 1. The van der Waals surface area contributed by atoms with Crippen molar-refractivity contribution in [2.24, 2.45) is 39.9 Å². The third-order valence-electron chi connectivity index (χ3n) is 16.4. The SMILES string of the molecule is CC[C@H](C)[C@@H]1NC(=O)[C@@H](CCCN=C(N)N)NC(=O)[C@H](CC(C)C)NC(=O)[C@H]([C@H](O)C(C)C)NC(=O)[C@@H](NC(=O)[C@H](Cc2ccccc2)NC(=O)[C@H]2CCCN2C(=O)OC(C)(C)C)[C@@H](c2ccccc2)OC(=O)[C@H](CO)NC(=O)[C@H]([C@H](O)C(N)=O)NC(=O)CNC(=O)[C@H]([C@H](C)O)NC1=O.O=C(O)C(F)(F)F. The number of aliphatic hydroxyl groups excluding tert-OH is 4. The highest BCUT2D eigenvalue weighted by molar-refractivity contribution is 6.00. The molecular formula is C67H100F3N15O21. The van der Waals surface area contributed by atoms with Crippen molar-refractivity contribution < 1.29 is 115 Å². The molecule has 12 amide bonds. The van der Waals surface area contributed by atoms with Crippen molar-refractivity contribution >= 4 is 89.0 Å². The van der Waals surface area contributed by atoms with Crippen LogP contribution in [0.2, 0.25) is 0 Å². The second-order valence-electron chi connectivity index (χ2n) is 27.0. The molecular weight excluding hydrogens is 1410 g/mol. The smallest absolute Gasteiger partial charge is 0.475 e. The average Bonchev–Trinajstić information content (AvgIpc) is 1.58. The fraction of sp³-hybridized carbons (Fsp3) is 0.597. The van der Waals surface area contributed by atoms with E-state index in [1.807, 2.05) is 10.6 Å². The predicted molar refractivity (Wildman–Crippen MR) is 369 cm³/mol. The van der Waals surface area contributed by atoms with E-state index in [9.17, 15) is 81.5 Å². The van der Waals surface area contributed by atoms with E-state index in [1.54, 1.807) is 78.8 Å². The summed E-state index contributed by atoms with van der Waals surface area (Å²) in [5, 5.41) is 75.7. The molecule has 0 aliphatic carbocycles. The molecule has 2 aromatic carbocycles. The Labute approximate surface area is 609 Å². The van der Waals surface area contributed by atoms with Gasteiger partial charge >= 0.3 is 24.2 Å². The summed E-state index contributed by atoms with van der Waals surface area (Å²) < 4.78 is 43.3. The lowest BCUT2D eigenvalue weighted by Gasteiger charge is -2.34. The first-order valence-electron chi connectivity index (χ1n) is 34.0. The number of carbonyl (C=O) groups is 14. The largest absolute Gasteiger partial charge is 0.490 e. The number of cyclic esters (lactones) is 1. The number of ether oxygens (including phenoxy) is 2. The fourth-order valence-corrected chi connectivity index (χ4v) is 10.6. The van der Waals surface area contributed by atoms with E-state index >= 15 is 14.4 Å². The number of nitrogens with two attached hydrogens (primary N) is 3. The molecule has 0 bridgehead atoms. The van der Waals surface area contributed by atoms with E-state index in [0.29, 0.717) is 12.0 Å². The Kier molecular flexibility index (Phi) is 35.6. The summed E-state index contributed by atoms with van der Waals surface area (Å²) in [4.78, 5) is 200. The summed E-state index contributed by atoms with van der Waals surface area (Å²) in [5.74, 6) is -20.1. The van der Waals surface area contributed by atoms with Crippen LogP contribution in [0.1, 0.15) is 125 Å². The molecule has 21 N–H and O–H groups in total. The molecule has 2 fully saturated rings. The summed E-state index contributed by atoms with van der Waals surface area (Å²) >= 11 is 0. The maximum atomic E-state index is 15.7. The molecule has 15 atom stereocenters. The maximum absolute atomic E-state index is 15.7. The first-order valence-corrected chi connectivity index (χ1v) is 34.0. The molecule has 0 spiro atoms. The Balaban J connectivity index is 0.00000395. The molecule has 4 rings (SSSR count). The minimum atomic E-state index is -5.08. The molecule has 106 heavy (non-hydrogen) atoms. The number of carboxylic acid groups (broad SMARTS) is 1. The van der Waals surface area contributed by atoms with Crippen molar-refractivity contribution in [3.8, 4) is 0 Å². The van der Waals surface area contributed by atoms with Crippen LogP contribution in [0.15, 0.2) is 65.7 Å². The lowest BCUT2D eigenvalue weighted by molar-refractivity contribution is -0.192. The molecule has 2 saturated heterocycles. The summed E-state index contributed by atoms with van der Waals surface area (Å²) in [6, 6.07) is -3.20. The van der Waals surface area contributed by atoms with Gasteiger partial charge in [0.05, 0.1) is 25.4 Å². The Hall–Kier alpha value is -10.3.